The third kappa shape index (κ3) is 3.22. The highest BCUT2D eigenvalue weighted by Gasteiger charge is 2.23. The predicted octanol–water partition coefficient (Wildman–Crippen LogP) is 10.3. The predicted molar refractivity (Wildman–Crippen MR) is 171 cm³/mol. The van der Waals surface area contributed by atoms with Crippen LogP contribution in [0, 0.1) is 0 Å². The summed E-state index contributed by atoms with van der Waals surface area (Å²) >= 11 is 0. The number of nitrogens with zero attached hydrogens (tertiary/aromatic N) is 2. The fourth-order valence-electron chi connectivity index (χ4n) is 6.78. The minimum absolute atomic E-state index is 0.996. The Hall–Kier alpha value is -5.47. The van der Waals surface area contributed by atoms with Crippen molar-refractivity contribution in [2.24, 2.45) is 0 Å². The van der Waals surface area contributed by atoms with Gasteiger partial charge in [0, 0.05) is 33.8 Å². The zero-order valence-corrected chi connectivity index (χ0v) is 22.3. The Bertz CT molecular complexity index is 2300. The zero-order chi connectivity index (χ0) is 26.9. The summed E-state index contributed by atoms with van der Waals surface area (Å²) < 4.78 is 2.36. The van der Waals surface area contributed by atoms with Gasteiger partial charge in [-0.05, 0) is 75.0 Å². The van der Waals surface area contributed by atoms with Crippen molar-refractivity contribution in [2.45, 2.75) is 0 Å². The molecule has 0 spiro atoms. The van der Waals surface area contributed by atoms with Crippen molar-refractivity contribution in [1.82, 2.24) is 9.55 Å². The first-order chi connectivity index (χ1) is 20.3. The van der Waals surface area contributed by atoms with Gasteiger partial charge in [0.1, 0.15) is 0 Å². The molecule has 190 valence electrons. The van der Waals surface area contributed by atoms with Crippen molar-refractivity contribution in [3.63, 3.8) is 0 Å². The van der Waals surface area contributed by atoms with Crippen LogP contribution < -0.4 is 0 Å². The van der Waals surface area contributed by atoms with Crippen molar-refractivity contribution < 1.29 is 0 Å². The second-order valence-corrected chi connectivity index (χ2v) is 10.8. The molecule has 2 heterocycles. The van der Waals surface area contributed by atoms with Crippen LogP contribution in [-0.2, 0) is 0 Å². The Morgan fingerprint density at radius 3 is 1.98 bits per heavy atom. The van der Waals surface area contributed by atoms with Gasteiger partial charge in [-0.25, -0.2) is 0 Å². The fourth-order valence-corrected chi connectivity index (χ4v) is 6.78. The van der Waals surface area contributed by atoms with Crippen molar-refractivity contribution in [2.75, 3.05) is 0 Å². The van der Waals surface area contributed by atoms with Gasteiger partial charge in [-0.2, -0.15) is 0 Å². The molecule has 0 saturated heterocycles. The van der Waals surface area contributed by atoms with Crippen LogP contribution in [0.15, 0.2) is 146 Å². The molecule has 0 saturated carbocycles. The molecule has 0 radical (unpaired) electrons. The molecule has 2 aromatic heterocycles. The molecule has 6 aromatic carbocycles. The molecule has 0 N–H and O–H groups in total. The Balaban J connectivity index is 1.23. The van der Waals surface area contributed by atoms with Gasteiger partial charge in [-0.1, -0.05) is 103 Å². The second kappa shape index (κ2) is 8.51. The highest BCUT2D eigenvalue weighted by atomic mass is 15.0. The minimum atomic E-state index is 0.996. The lowest BCUT2D eigenvalue weighted by molar-refractivity contribution is 1.18. The van der Waals surface area contributed by atoms with E-state index in [1.807, 2.05) is 0 Å². The van der Waals surface area contributed by atoms with E-state index in [1.165, 1.54) is 71.6 Å². The molecular formula is C39H24N2. The van der Waals surface area contributed by atoms with Gasteiger partial charge in [0.2, 0.25) is 0 Å². The lowest BCUT2D eigenvalue weighted by Crippen LogP contribution is -1.93. The monoisotopic (exact) mass is 520 g/mol. The molecule has 0 fully saturated rings. The molecule has 0 unspecified atom stereocenters. The molecule has 2 nitrogen and oxygen atoms in total. The van der Waals surface area contributed by atoms with Gasteiger partial charge in [0.15, 0.2) is 0 Å². The lowest BCUT2D eigenvalue weighted by atomic mass is 9.94. The van der Waals surface area contributed by atoms with Gasteiger partial charge < -0.3 is 4.57 Å². The maximum atomic E-state index is 5.03. The topological polar surface area (TPSA) is 17.8 Å². The summed E-state index contributed by atoms with van der Waals surface area (Å²) in [6, 6.07) is 50.3. The summed E-state index contributed by atoms with van der Waals surface area (Å²) in [4.78, 5) is 5.03. The third-order valence-corrected chi connectivity index (χ3v) is 8.59. The molecule has 0 aliphatic heterocycles. The van der Waals surface area contributed by atoms with Crippen molar-refractivity contribution in [1.29, 1.82) is 0 Å². The highest BCUT2D eigenvalue weighted by molar-refractivity contribution is 6.15. The maximum Gasteiger partial charge on any atom is 0.0714 e. The molecule has 2 heteroatoms. The van der Waals surface area contributed by atoms with E-state index in [0.717, 1.165) is 11.3 Å². The van der Waals surface area contributed by atoms with Crippen LogP contribution in [-0.4, -0.2) is 9.55 Å². The van der Waals surface area contributed by atoms with Crippen LogP contribution in [0.4, 0.5) is 0 Å². The molecule has 8 aromatic rings. The number of para-hydroxylation sites is 2. The van der Waals surface area contributed by atoms with Gasteiger partial charge in [0.25, 0.3) is 0 Å². The first kappa shape index (κ1) is 22.4. The Morgan fingerprint density at radius 1 is 0.439 bits per heavy atom. The first-order valence-corrected chi connectivity index (χ1v) is 14.1. The summed E-state index contributed by atoms with van der Waals surface area (Å²) in [5.74, 6) is 0. The standard InChI is InChI=1S/C39H24N2/c1-2-12-27(13-3-1)41-37-19-7-6-16-30(37)34-22-26(20-21-38(34)41)28-14-4-5-15-29(28)36-23-33-31-17-8-10-25-11-9-18-32(39(25)31)35(33)24-40-36/h1-24H. The molecule has 1 aliphatic carbocycles. The van der Waals surface area contributed by atoms with E-state index in [1.54, 1.807) is 0 Å². The van der Waals surface area contributed by atoms with Crippen molar-refractivity contribution in [3.05, 3.63) is 146 Å². The summed E-state index contributed by atoms with van der Waals surface area (Å²) in [6.45, 7) is 0. The van der Waals surface area contributed by atoms with E-state index in [4.69, 9.17) is 4.98 Å². The molecular weight excluding hydrogens is 496 g/mol. The van der Waals surface area contributed by atoms with Gasteiger partial charge in [0.05, 0.1) is 16.7 Å². The lowest BCUT2D eigenvalue weighted by Gasteiger charge is -2.12. The first-order valence-electron chi connectivity index (χ1n) is 14.1. The zero-order valence-electron chi connectivity index (χ0n) is 22.3. The Labute approximate surface area is 237 Å². The van der Waals surface area contributed by atoms with Gasteiger partial charge >= 0.3 is 0 Å². The van der Waals surface area contributed by atoms with Gasteiger partial charge in [-0.3, -0.25) is 4.98 Å². The summed E-state index contributed by atoms with van der Waals surface area (Å²) in [5.41, 5.74) is 13.2. The van der Waals surface area contributed by atoms with Gasteiger partial charge in [-0.15, -0.1) is 0 Å². The van der Waals surface area contributed by atoms with E-state index >= 15 is 0 Å². The summed E-state index contributed by atoms with van der Waals surface area (Å²) in [6.07, 6.45) is 2.06. The fraction of sp³-hybridized carbons (Fsp3) is 0. The number of fused-ring (bicyclic) bond motifs is 6. The second-order valence-electron chi connectivity index (χ2n) is 10.8. The quantitative estimate of drug-likeness (QED) is 0.227. The molecule has 0 atom stereocenters. The van der Waals surface area contributed by atoms with Crippen LogP contribution in [0.5, 0.6) is 0 Å². The maximum absolute atomic E-state index is 5.03. The number of rotatable bonds is 3. The largest absolute Gasteiger partial charge is 0.309 e. The number of pyridine rings is 1. The van der Waals surface area contributed by atoms with E-state index in [0.29, 0.717) is 0 Å². The molecule has 0 amide bonds. The number of aromatic nitrogens is 2. The summed E-state index contributed by atoms with van der Waals surface area (Å²) in [5, 5.41) is 5.12. The number of hydrogen-bond donors (Lipinski definition) is 0. The minimum Gasteiger partial charge on any atom is -0.309 e. The van der Waals surface area contributed by atoms with E-state index in [2.05, 4.69) is 150 Å². The Kier molecular flexibility index (Phi) is 4.64. The Morgan fingerprint density at radius 2 is 1.12 bits per heavy atom. The number of benzene rings is 6. The normalized spacial score (nSPS) is 11.9. The van der Waals surface area contributed by atoms with Crippen molar-refractivity contribution >= 4 is 32.6 Å². The van der Waals surface area contributed by atoms with Crippen LogP contribution in [0.2, 0.25) is 0 Å². The smallest absolute Gasteiger partial charge is 0.0714 e. The molecule has 9 rings (SSSR count). The van der Waals surface area contributed by atoms with Crippen molar-refractivity contribution in [3.8, 4) is 50.3 Å². The molecule has 41 heavy (non-hydrogen) atoms. The van der Waals surface area contributed by atoms with Crippen LogP contribution in [0.25, 0.3) is 82.9 Å². The SMILES string of the molecule is c1ccc(-n2c3ccccc3c3cc(-c4ccccc4-c4cc5c(cn4)-c4cccc6cccc-5c46)ccc32)cc1. The molecule has 1 aliphatic rings. The average molecular weight is 521 g/mol. The van der Waals surface area contributed by atoms with E-state index < -0.39 is 0 Å². The average Bonchev–Trinajstić information content (AvgIpc) is 3.55. The third-order valence-electron chi connectivity index (χ3n) is 8.59. The highest BCUT2D eigenvalue weighted by Crippen LogP contribution is 2.48. The summed E-state index contributed by atoms with van der Waals surface area (Å²) in [7, 11) is 0. The number of hydrogen-bond acceptors (Lipinski definition) is 1. The van der Waals surface area contributed by atoms with E-state index in [9.17, 15) is 0 Å². The van der Waals surface area contributed by atoms with Crippen LogP contribution in [0.1, 0.15) is 0 Å². The van der Waals surface area contributed by atoms with Crippen LogP contribution >= 0.6 is 0 Å². The van der Waals surface area contributed by atoms with E-state index in [-0.39, 0.29) is 0 Å². The molecule has 0 bridgehead atoms. The van der Waals surface area contributed by atoms with Crippen LogP contribution in [0.3, 0.4) is 0 Å².